The van der Waals surface area contributed by atoms with Crippen LogP contribution in [0.2, 0.25) is 0 Å². The molecule has 0 aromatic heterocycles. The lowest BCUT2D eigenvalue weighted by Gasteiger charge is -2.08. The molecule has 17 heavy (non-hydrogen) atoms. The van der Waals surface area contributed by atoms with E-state index in [0.717, 1.165) is 6.07 Å². The van der Waals surface area contributed by atoms with Gasteiger partial charge in [-0.25, -0.2) is 4.39 Å². The van der Waals surface area contributed by atoms with Crippen LogP contribution in [-0.2, 0) is 0 Å². The number of para-hydroxylation sites is 1. The van der Waals surface area contributed by atoms with Gasteiger partial charge in [0.1, 0.15) is 5.75 Å². The first kappa shape index (κ1) is 11.3. The topological polar surface area (TPSA) is 26.3 Å². The molecule has 0 amide bonds. The molecule has 0 spiro atoms. The fourth-order valence-electron chi connectivity index (χ4n) is 1.35. The molecule has 0 fully saturated rings. The molecule has 86 valence electrons. The lowest BCUT2D eigenvalue weighted by Crippen LogP contribution is -1.94. The molecule has 0 radical (unpaired) electrons. The summed E-state index contributed by atoms with van der Waals surface area (Å²) in [4.78, 5) is 10.7. The molecule has 2 aromatic carbocycles. The number of carbonyl (C=O) groups is 1. The van der Waals surface area contributed by atoms with Crippen molar-refractivity contribution in [2.45, 2.75) is 0 Å². The Morgan fingerprint density at radius 2 is 1.65 bits per heavy atom. The highest BCUT2D eigenvalue weighted by Gasteiger charge is 2.11. The Morgan fingerprint density at radius 1 is 0.941 bits per heavy atom. The summed E-state index contributed by atoms with van der Waals surface area (Å²) >= 11 is 0. The van der Waals surface area contributed by atoms with Crippen molar-refractivity contribution in [3.8, 4) is 11.5 Å². The second kappa shape index (κ2) is 4.74. The van der Waals surface area contributed by atoms with E-state index >= 15 is 0 Å². The predicted octanol–water partition coefficient (Wildman–Crippen LogP) is 3.57. The van der Waals surface area contributed by atoms with Crippen molar-refractivity contribution in [1.82, 2.24) is 0 Å². The van der Waals surface area contributed by atoms with E-state index in [0.29, 0.717) is 6.29 Å². The summed E-state index contributed by atoms with van der Waals surface area (Å²) in [6.45, 7) is 0. The smallest absolute Gasteiger partial charge is 0.201 e. The first-order valence-electron chi connectivity index (χ1n) is 4.88. The summed E-state index contributed by atoms with van der Waals surface area (Å²) in [5.74, 6) is -2.13. The Hall–Kier alpha value is -2.23. The van der Waals surface area contributed by atoms with E-state index in [4.69, 9.17) is 4.74 Å². The highest BCUT2D eigenvalue weighted by Crippen LogP contribution is 2.27. The summed E-state index contributed by atoms with van der Waals surface area (Å²) in [6.07, 6.45) is 0.590. The summed E-state index contributed by atoms with van der Waals surface area (Å²) in [5, 5.41) is 0. The van der Waals surface area contributed by atoms with E-state index in [1.807, 2.05) is 0 Å². The molecule has 4 heteroatoms. The van der Waals surface area contributed by atoms with Crippen LogP contribution in [0.4, 0.5) is 8.78 Å². The number of carbonyl (C=O) groups excluding carboxylic acids is 1. The van der Waals surface area contributed by atoms with Gasteiger partial charge < -0.3 is 4.74 Å². The zero-order valence-corrected chi connectivity index (χ0v) is 8.69. The standard InChI is InChI=1S/C13H8F2O2/c14-10-5-3-7-12(13(10)15)17-11-6-2-1-4-9(11)8-16/h1-8H. The second-order valence-corrected chi connectivity index (χ2v) is 3.31. The van der Waals surface area contributed by atoms with Crippen LogP contribution in [0, 0.1) is 11.6 Å². The van der Waals surface area contributed by atoms with Gasteiger partial charge in [0.15, 0.2) is 17.9 Å². The molecule has 2 rings (SSSR count). The van der Waals surface area contributed by atoms with E-state index in [1.165, 1.54) is 24.3 Å². The highest BCUT2D eigenvalue weighted by atomic mass is 19.2. The number of benzene rings is 2. The number of hydrogen-bond donors (Lipinski definition) is 0. The molecule has 0 aliphatic rings. The van der Waals surface area contributed by atoms with Crippen molar-refractivity contribution < 1.29 is 18.3 Å². The average Bonchev–Trinajstić information content (AvgIpc) is 2.35. The number of hydrogen-bond acceptors (Lipinski definition) is 2. The number of rotatable bonds is 3. The van der Waals surface area contributed by atoms with Crippen LogP contribution < -0.4 is 4.74 Å². The van der Waals surface area contributed by atoms with E-state index in [9.17, 15) is 13.6 Å². The number of halogens is 2. The van der Waals surface area contributed by atoms with Crippen molar-refractivity contribution in [2.75, 3.05) is 0 Å². The van der Waals surface area contributed by atoms with Crippen molar-refractivity contribution in [3.05, 3.63) is 59.7 Å². The van der Waals surface area contributed by atoms with Crippen LogP contribution in [0.3, 0.4) is 0 Å². The summed E-state index contributed by atoms with van der Waals surface area (Å²) < 4.78 is 31.4. The van der Waals surface area contributed by atoms with Crippen LogP contribution in [0.25, 0.3) is 0 Å². The minimum absolute atomic E-state index is 0.187. The molecule has 0 unspecified atom stereocenters. The first-order chi connectivity index (χ1) is 8.22. The Morgan fingerprint density at radius 3 is 2.41 bits per heavy atom. The van der Waals surface area contributed by atoms with Gasteiger partial charge in [-0.15, -0.1) is 0 Å². The Kier molecular flexibility index (Phi) is 3.14. The minimum Gasteiger partial charge on any atom is -0.453 e. The fraction of sp³-hybridized carbons (Fsp3) is 0. The second-order valence-electron chi connectivity index (χ2n) is 3.31. The van der Waals surface area contributed by atoms with Crippen LogP contribution in [-0.4, -0.2) is 6.29 Å². The van der Waals surface area contributed by atoms with Gasteiger partial charge in [0.25, 0.3) is 0 Å². The molecule has 0 aliphatic heterocycles. The third kappa shape index (κ3) is 2.30. The maximum absolute atomic E-state index is 13.3. The van der Waals surface area contributed by atoms with Gasteiger partial charge in [-0.05, 0) is 24.3 Å². The molecule has 0 aliphatic carbocycles. The number of aldehydes is 1. The third-order valence-electron chi connectivity index (χ3n) is 2.18. The Balaban J connectivity index is 2.38. The van der Waals surface area contributed by atoms with Gasteiger partial charge in [0.2, 0.25) is 5.82 Å². The van der Waals surface area contributed by atoms with Gasteiger partial charge in [-0.2, -0.15) is 4.39 Å². The lowest BCUT2D eigenvalue weighted by molar-refractivity contribution is 0.112. The highest BCUT2D eigenvalue weighted by molar-refractivity contribution is 5.79. The molecular weight excluding hydrogens is 226 g/mol. The summed E-state index contributed by atoms with van der Waals surface area (Å²) in [6, 6.07) is 9.94. The molecular formula is C13H8F2O2. The molecule has 2 nitrogen and oxygen atoms in total. The van der Waals surface area contributed by atoms with Crippen LogP contribution >= 0.6 is 0 Å². The number of ether oxygens (including phenoxy) is 1. The van der Waals surface area contributed by atoms with Crippen molar-refractivity contribution >= 4 is 6.29 Å². The van der Waals surface area contributed by atoms with Gasteiger partial charge in [-0.3, -0.25) is 4.79 Å². The normalized spacial score (nSPS) is 10.0. The first-order valence-corrected chi connectivity index (χ1v) is 4.88. The summed E-state index contributed by atoms with van der Waals surface area (Å²) in [5.41, 5.74) is 0.274. The molecule has 0 heterocycles. The molecule has 2 aromatic rings. The monoisotopic (exact) mass is 234 g/mol. The van der Waals surface area contributed by atoms with Crippen LogP contribution in [0.5, 0.6) is 11.5 Å². The van der Waals surface area contributed by atoms with Crippen molar-refractivity contribution in [1.29, 1.82) is 0 Å². The van der Waals surface area contributed by atoms with Gasteiger partial charge in [-0.1, -0.05) is 18.2 Å². The van der Waals surface area contributed by atoms with Crippen molar-refractivity contribution in [2.24, 2.45) is 0 Å². The lowest BCUT2D eigenvalue weighted by atomic mass is 10.2. The average molecular weight is 234 g/mol. The summed E-state index contributed by atoms with van der Waals surface area (Å²) in [7, 11) is 0. The van der Waals surface area contributed by atoms with E-state index in [1.54, 1.807) is 12.1 Å². The van der Waals surface area contributed by atoms with E-state index in [2.05, 4.69) is 0 Å². The molecule has 0 saturated carbocycles. The molecule has 0 bridgehead atoms. The zero-order valence-electron chi connectivity index (χ0n) is 8.69. The van der Waals surface area contributed by atoms with Crippen molar-refractivity contribution in [3.63, 3.8) is 0 Å². The van der Waals surface area contributed by atoms with E-state index in [-0.39, 0.29) is 17.1 Å². The quantitative estimate of drug-likeness (QED) is 0.759. The van der Waals surface area contributed by atoms with Crippen LogP contribution in [0.1, 0.15) is 10.4 Å². The predicted molar refractivity (Wildman–Crippen MR) is 58.3 cm³/mol. The van der Waals surface area contributed by atoms with E-state index < -0.39 is 11.6 Å². The molecule has 0 atom stereocenters. The maximum Gasteiger partial charge on any atom is 0.201 e. The van der Waals surface area contributed by atoms with Gasteiger partial charge >= 0.3 is 0 Å². The largest absolute Gasteiger partial charge is 0.453 e. The van der Waals surface area contributed by atoms with Gasteiger partial charge in [0.05, 0.1) is 5.56 Å². The Bertz CT molecular complexity index is 553. The zero-order chi connectivity index (χ0) is 12.3. The fourth-order valence-corrected chi connectivity index (χ4v) is 1.35. The molecule has 0 N–H and O–H groups in total. The third-order valence-corrected chi connectivity index (χ3v) is 2.18. The maximum atomic E-state index is 13.3. The van der Waals surface area contributed by atoms with Crippen LogP contribution in [0.15, 0.2) is 42.5 Å². The Labute approximate surface area is 96.5 Å². The SMILES string of the molecule is O=Cc1ccccc1Oc1cccc(F)c1F. The molecule has 0 saturated heterocycles. The minimum atomic E-state index is -1.08. The van der Waals surface area contributed by atoms with Gasteiger partial charge in [0, 0.05) is 0 Å².